The maximum absolute atomic E-state index is 6.31. The zero-order chi connectivity index (χ0) is 48.3. The van der Waals surface area contributed by atoms with Gasteiger partial charge in [-0.05, 0) is 119 Å². The van der Waals surface area contributed by atoms with Gasteiger partial charge in [0.1, 0.15) is 49.4 Å². The predicted octanol–water partition coefficient (Wildman–Crippen LogP) is 17.2. The second-order valence-corrected chi connectivity index (χ2v) is 17.5. The number of benzene rings is 11. The average Bonchev–Trinajstić information content (AvgIpc) is 3.46. The van der Waals surface area contributed by atoms with Crippen molar-refractivity contribution in [2.45, 2.75) is 26.4 Å². The van der Waals surface area contributed by atoms with Gasteiger partial charge in [0.25, 0.3) is 0 Å². The Labute approximate surface area is 421 Å². The molecular weight excluding hydrogens is 885 g/mol. The van der Waals surface area contributed by atoms with Crippen LogP contribution in [0, 0.1) is 0 Å². The molecule has 0 aliphatic rings. The molecule has 0 aliphatic carbocycles. The second-order valence-electron chi connectivity index (χ2n) is 17.5. The lowest BCUT2D eigenvalue weighted by molar-refractivity contribution is 0.306. The lowest BCUT2D eigenvalue weighted by Crippen LogP contribution is -2.14. The summed E-state index contributed by atoms with van der Waals surface area (Å²) in [4.78, 5) is 4.72. The minimum absolute atomic E-state index is 0.481. The Balaban J connectivity index is 1.03. The third kappa shape index (κ3) is 10.3. The highest BCUT2D eigenvalue weighted by Gasteiger charge is 2.26. The highest BCUT2D eigenvalue weighted by atomic mass is 16.5. The molecule has 0 heterocycles. The van der Waals surface area contributed by atoms with Crippen molar-refractivity contribution in [3.8, 4) is 23.0 Å². The van der Waals surface area contributed by atoms with Crippen LogP contribution in [-0.4, -0.2) is 0 Å². The van der Waals surface area contributed by atoms with E-state index in [4.69, 9.17) is 18.9 Å². The lowest BCUT2D eigenvalue weighted by Gasteiger charge is -2.33. The number of ether oxygens (including phenoxy) is 4. The van der Waals surface area contributed by atoms with Crippen molar-refractivity contribution >= 4 is 55.7 Å². The molecule has 11 aromatic rings. The molecule has 11 aromatic carbocycles. The highest BCUT2D eigenvalue weighted by molar-refractivity contribution is 6.23. The summed E-state index contributed by atoms with van der Waals surface area (Å²) in [6, 6.07) is 92.1. The van der Waals surface area contributed by atoms with E-state index in [1.54, 1.807) is 0 Å². The van der Waals surface area contributed by atoms with Gasteiger partial charge in [-0.25, -0.2) is 0 Å². The summed E-state index contributed by atoms with van der Waals surface area (Å²) in [6.07, 6.45) is 0. The normalized spacial score (nSPS) is 11.0. The van der Waals surface area contributed by atoms with Crippen LogP contribution in [0.25, 0.3) is 21.5 Å². The molecule has 0 radical (unpaired) electrons. The molecule has 0 saturated heterocycles. The quantitative estimate of drug-likeness (QED) is 0.0631. The van der Waals surface area contributed by atoms with E-state index in [9.17, 15) is 0 Å². The number of fused-ring (bicyclic) bond motifs is 2. The number of rotatable bonds is 18. The Morgan fingerprint density at radius 1 is 0.208 bits per heavy atom. The van der Waals surface area contributed by atoms with Crippen molar-refractivity contribution in [2.24, 2.45) is 0 Å². The van der Waals surface area contributed by atoms with E-state index in [1.165, 1.54) is 0 Å². The van der Waals surface area contributed by atoms with Crippen LogP contribution < -0.4 is 28.7 Å². The van der Waals surface area contributed by atoms with Crippen LogP contribution in [0.1, 0.15) is 22.3 Å². The van der Waals surface area contributed by atoms with Gasteiger partial charge in [0, 0.05) is 44.3 Å². The maximum atomic E-state index is 6.31. The highest BCUT2D eigenvalue weighted by Crippen LogP contribution is 2.51. The third-order valence-electron chi connectivity index (χ3n) is 12.7. The molecule has 11 rings (SSSR count). The molecule has 6 nitrogen and oxygen atoms in total. The zero-order valence-electron chi connectivity index (χ0n) is 39.8. The van der Waals surface area contributed by atoms with Crippen molar-refractivity contribution in [1.29, 1.82) is 0 Å². The van der Waals surface area contributed by atoms with Crippen molar-refractivity contribution in [3.05, 3.63) is 289 Å². The fourth-order valence-electron chi connectivity index (χ4n) is 9.11. The first-order chi connectivity index (χ1) is 35.7. The van der Waals surface area contributed by atoms with Gasteiger partial charge >= 0.3 is 0 Å². The summed E-state index contributed by atoms with van der Waals surface area (Å²) in [7, 11) is 0. The van der Waals surface area contributed by atoms with Crippen LogP contribution in [0.15, 0.2) is 267 Å². The molecular formula is C66H52N2O4. The van der Waals surface area contributed by atoms with Crippen molar-refractivity contribution in [2.75, 3.05) is 9.80 Å². The van der Waals surface area contributed by atoms with Gasteiger partial charge in [-0.3, -0.25) is 0 Å². The molecule has 0 bridgehead atoms. The Morgan fingerprint density at radius 3 is 0.611 bits per heavy atom. The molecule has 6 heteroatoms. The van der Waals surface area contributed by atoms with Gasteiger partial charge < -0.3 is 28.7 Å². The zero-order valence-corrected chi connectivity index (χ0v) is 39.8. The van der Waals surface area contributed by atoms with Gasteiger partial charge in [0.05, 0.1) is 11.4 Å². The second kappa shape index (κ2) is 21.6. The van der Waals surface area contributed by atoms with Crippen LogP contribution in [0.3, 0.4) is 0 Å². The van der Waals surface area contributed by atoms with E-state index in [0.29, 0.717) is 26.4 Å². The first-order valence-electron chi connectivity index (χ1n) is 24.3. The molecule has 0 atom stereocenters. The molecule has 72 heavy (non-hydrogen) atoms. The summed E-state index contributed by atoms with van der Waals surface area (Å²) in [5, 5.41) is 4.32. The summed E-state index contributed by atoms with van der Waals surface area (Å²) in [5.74, 6) is 3.17. The molecule has 0 spiro atoms. The summed E-state index contributed by atoms with van der Waals surface area (Å²) in [5.41, 5.74) is 10.5. The first kappa shape index (κ1) is 45.2. The molecule has 0 aliphatic heterocycles. The predicted molar refractivity (Wildman–Crippen MR) is 294 cm³/mol. The summed E-state index contributed by atoms with van der Waals surface area (Å²) >= 11 is 0. The van der Waals surface area contributed by atoms with Crippen molar-refractivity contribution in [1.82, 2.24) is 0 Å². The molecule has 0 N–H and O–H groups in total. The van der Waals surface area contributed by atoms with Crippen LogP contribution in [0.4, 0.5) is 34.1 Å². The topological polar surface area (TPSA) is 43.4 Å². The summed E-state index contributed by atoms with van der Waals surface area (Å²) in [6.45, 7) is 1.92. The van der Waals surface area contributed by atoms with Gasteiger partial charge in [-0.2, -0.15) is 0 Å². The smallest absolute Gasteiger partial charge is 0.119 e. The minimum atomic E-state index is 0.481. The number of nitrogens with zero attached hydrogens (tertiary/aromatic N) is 2. The molecule has 0 saturated carbocycles. The Morgan fingerprint density at radius 2 is 0.403 bits per heavy atom. The van der Waals surface area contributed by atoms with E-state index in [0.717, 1.165) is 101 Å². The summed E-state index contributed by atoms with van der Waals surface area (Å²) < 4.78 is 25.2. The monoisotopic (exact) mass is 936 g/mol. The largest absolute Gasteiger partial charge is 0.489 e. The number of hydrogen-bond acceptors (Lipinski definition) is 6. The molecule has 0 fully saturated rings. The number of anilines is 6. The van der Waals surface area contributed by atoms with Crippen LogP contribution in [0.2, 0.25) is 0 Å². The fraction of sp³-hybridized carbons (Fsp3) is 0.0606. The number of hydrogen-bond donors (Lipinski definition) is 0. The van der Waals surface area contributed by atoms with E-state index in [1.807, 2.05) is 72.8 Å². The van der Waals surface area contributed by atoms with E-state index < -0.39 is 0 Å². The standard InChI is InChI=1S/C66H52N2O4/c1-5-17-49(18-6-1)45-69-57-37-29-53(30-38-57)67(54-31-39-58(40-32-54)70-46-50-19-7-2-8-20-50)65-61-25-13-15-27-63(61)66(64-28-16-14-26-62(64)65)68(55-33-41-59(42-34-55)71-47-51-21-9-3-10-22-51)56-35-43-60(44-36-56)72-48-52-23-11-4-12-24-52/h1-44H,45-48H2. The van der Waals surface area contributed by atoms with Gasteiger partial charge in [-0.1, -0.05) is 170 Å². The third-order valence-corrected chi connectivity index (χ3v) is 12.7. The molecule has 350 valence electrons. The van der Waals surface area contributed by atoms with E-state index in [-0.39, 0.29) is 0 Å². The molecule has 0 unspecified atom stereocenters. The van der Waals surface area contributed by atoms with Crippen molar-refractivity contribution < 1.29 is 18.9 Å². The minimum Gasteiger partial charge on any atom is -0.489 e. The molecule has 0 aromatic heterocycles. The van der Waals surface area contributed by atoms with Gasteiger partial charge in [0.2, 0.25) is 0 Å². The van der Waals surface area contributed by atoms with Crippen LogP contribution >= 0.6 is 0 Å². The van der Waals surface area contributed by atoms with E-state index >= 15 is 0 Å². The van der Waals surface area contributed by atoms with E-state index in [2.05, 4.69) is 204 Å². The Kier molecular flexibility index (Phi) is 13.5. The first-order valence-corrected chi connectivity index (χ1v) is 24.3. The Bertz CT molecular complexity index is 3020. The molecule has 0 amide bonds. The van der Waals surface area contributed by atoms with Crippen molar-refractivity contribution in [3.63, 3.8) is 0 Å². The van der Waals surface area contributed by atoms with Gasteiger partial charge in [-0.15, -0.1) is 0 Å². The fourth-order valence-corrected chi connectivity index (χ4v) is 9.11. The van der Waals surface area contributed by atoms with Gasteiger partial charge in [0.15, 0.2) is 0 Å². The van der Waals surface area contributed by atoms with Crippen LogP contribution in [0.5, 0.6) is 23.0 Å². The average molecular weight is 937 g/mol. The van der Waals surface area contributed by atoms with Crippen LogP contribution in [-0.2, 0) is 26.4 Å². The maximum Gasteiger partial charge on any atom is 0.119 e. The SMILES string of the molecule is c1ccc(COc2ccc(N(c3ccc(OCc4ccccc4)cc3)c3c4ccccc4c(N(c4ccc(OCc5ccccc5)cc4)c4ccc(OCc5ccccc5)cc4)c4ccccc34)cc2)cc1. The Hall–Kier alpha value is -9.26. The lowest BCUT2D eigenvalue weighted by atomic mass is 9.95.